The van der Waals surface area contributed by atoms with E-state index in [1.165, 1.54) is 0 Å². The monoisotopic (exact) mass is 459 g/mol. The van der Waals surface area contributed by atoms with Crippen molar-refractivity contribution >= 4 is 23.4 Å². The first kappa shape index (κ1) is 23.6. The second kappa shape index (κ2) is 9.37. The zero-order valence-corrected chi connectivity index (χ0v) is 20.9. The minimum Gasteiger partial charge on any atom is -0.363 e. The Hall–Kier alpha value is -3.55. The number of para-hydroxylation sites is 1. The molecule has 0 aliphatic carbocycles. The van der Waals surface area contributed by atoms with Crippen molar-refractivity contribution in [2.24, 2.45) is 0 Å². The van der Waals surface area contributed by atoms with Crippen LogP contribution in [0.25, 0.3) is 0 Å². The van der Waals surface area contributed by atoms with Gasteiger partial charge < -0.3 is 15.1 Å². The number of amides is 1. The van der Waals surface area contributed by atoms with Crippen LogP contribution in [0.3, 0.4) is 0 Å². The van der Waals surface area contributed by atoms with E-state index in [0.29, 0.717) is 30.3 Å². The number of carbonyl (C=O) groups excluding carboxylic acids is 1. The smallest absolute Gasteiger partial charge is 0.255 e. The van der Waals surface area contributed by atoms with Gasteiger partial charge in [-0.2, -0.15) is 0 Å². The molecule has 1 unspecified atom stereocenters. The summed E-state index contributed by atoms with van der Waals surface area (Å²) < 4.78 is 0. The molecule has 3 heterocycles. The Bertz CT molecular complexity index is 1190. The Morgan fingerprint density at radius 2 is 1.74 bits per heavy atom. The topological polar surface area (TPSA) is 87.1 Å². The number of hydrogen-bond donors (Lipinski definition) is 1. The van der Waals surface area contributed by atoms with Gasteiger partial charge in [-0.25, -0.2) is 19.9 Å². The molecule has 3 aromatic rings. The lowest BCUT2D eigenvalue weighted by Crippen LogP contribution is -2.47. The third-order valence-electron chi connectivity index (χ3n) is 6.27. The summed E-state index contributed by atoms with van der Waals surface area (Å²) in [6.07, 6.45) is 1.88. The largest absolute Gasteiger partial charge is 0.363 e. The molecule has 1 N–H and O–H groups in total. The van der Waals surface area contributed by atoms with Crippen LogP contribution in [0.2, 0.25) is 0 Å². The molecule has 1 aliphatic heterocycles. The number of anilines is 3. The summed E-state index contributed by atoms with van der Waals surface area (Å²) in [6, 6.07) is 11.5. The molecule has 178 valence electrons. The molecular formula is C26H33N7O. The fourth-order valence-corrected chi connectivity index (χ4v) is 4.56. The molecule has 34 heavy (non-hydrogen) atoms. The number of carbonyl (C=O) groups is 1. The molecule has 8 nitrogen and oxygen atoms in total. The Morgan fingerprint density at radius 3 is 2.44 bits per heavy atom. The highest BCUT2D eigenvalue weighted by molar-refractivity contribution is 6.00. The second-order valence-corrected chi connectivity index (χ2v) is 9.59. The first-order valence-corrected chi connectivity index (χ1v) is 11.7. The molecule has 1 atom stereocenters. The van der Waals surface area contributed by atoms with Crippen LogP contribution in [0.15, 0.2) is 36.4 Å². The van der Waals surface area contributed by atoms with E-state index in [2.05, 4.69) is 27.2 Å². The normalized spacial score (nSPS) is 18.0. The summed E-state index contributed by atoms with van der Waals surface area (Å²) in [5, 5.41) is 3.26. The number of piperidine rings is 1. The van der Waals surface area contributed by atoms with Crippen molar-refractivity contribution in [3.8, 4) is 0 Å². The molecule has 0 bridgehead atoms. The second-order valence-electron chi connectivity index (χ2n) is 9.59. The van der Waals surface area contributed by atoms with E-state index in [1.807, 2.05) is 81.1 Å². The van der Waals surface area contributed by atoms with Crippen LogP contribution in [0.4, 0.5) is 17.5 Å². The van der Waals surface area contributed by atoms with Crippen LogP contribution in [0.1, 0.15) is 53.0 Å². The van der Waals surface area contributed by atoms with Crippen LogP contribution >= 0.6 is 0 Å². The molecule has 0 radical (unpaired) electrons. The van der Waals surface area contributed by atoms with Gasteiger partial charge in [0.05, 0.1) is 16.9 Å². The summed E-state index contributed by atoms with van der Waals surface area (Å²) >= 11 is 0. The van der Waals surface area contributed by atoms with Crippen LogP contribution in [-0.4, -0.2) is 57.9 Å². The van der Waals surface area contributed by atoms with Gasteiger partial charge in [0.1, 0.15) is 11.6 Å². The van der Waals surface area contributed by atoms with Gasteiger partial charge in [0, 0.05) is 50.1 Å². The highest BCUT2D eigenvalue weighted by Gasteiger charge is 2.37. The van der Waals surface area contributed by atoms with Gasteiger partial charge in [-0.1, -0.05) is 19.1 Å². The molecule has 8 heteroatoms. The standard InChI is InChI=1S/C26H33N7O/c1-17-14-18(2)28-25(27-17)31-21-11-8-7-10-20(21)24(34)33-13-9-12-26(4,16-33)22-15-23(32(5)6)30-19(3)29-22/h7-8,10-11,14-15H,9,12-13,16H2,1-6H3,(H,27,28,31). The van der Waals surface area contributed by atoms with Gasteiger partial charge in [-0.05, 0) is 51.8 Å². The molecule has 4 rings (SSSR count). The fourth-order valence-electron chi connectivity index (χ4n) is 4.56. The lowest BCUT2D eigenvalue weighted by Gasteiger charge is -2.40. The predicted molar refractivity (Wildman–Crippen MR) is 135 cm³/mol. The fraction of sp³-hybridized carbons (Fsp3) is 0.423. The predicted octanol–water partition coefficient (Wildman–Crippen LogP) is 4.20. The van der Waals surface area contributed by atoms with E-state index in [9.17, 15) is 4.79 Å². The van der Waals surface area contributed by atoms with Crippen molar-refractivity contribution in [1.29, 1.82) is 0 Å². The highest BCUT2D eigenvalue weighted by atomic mass is 16.2. The summed E-state index contributed by atoms with van der Waals surface area (Å²) in [5.74, 6) is 2.12. The molecule has 0 spiro atoms. The number of hydrogen-bond acceptors (Lipinski definition) is 7. The minimum absolute atomic E-state index is 0.00277. The number of likely N-dealkylation sites (tertiary alicyclic amines) is 1. The quantitative estimate of drug-likeness (QED) is 0.612. The first-order valence-electron chi connectivity index (χ1n) is 11.7. The lowest BCUT2D eigenvalue weighted by molar-refractivity contribution is 0.0648. The zero-order chi connectivity index (χ0) is 24.5. The van der Waals surface area contributed by atoms with Gasteiger partial charge in [0.25, 0.3) is 5.91 Å². The number of rotatable bonds is 5. The molecule has 2 aromatic heterocycles. The molecule has 0 saturated carbocycles. The van der Waals surface area contributed by atoms with Crippen molar-refractivity contribution in [2.75, 3.05) is 37.4 Å². The van der Waals surface area contributed by atoms with Crippen LogP contribution < -0.4 is 10.2 Å². The van der Waals surface area contributed by atoms with Crippen molar-refractivity contribution in [1.82, 2.24) is 24.8 Å². The number of nitrogens with one attached hydrogen (secondary N) is 1. The molecule has 1 aromatic carbocycles. The molecule has 1 aliphatic rings. The third-order valence-corrected chi connectivity index (χ3v) is 6.27. The van der Waals surface area contributed by atoms with Gasteiger partial charge >= 0.3 is 0 Å². The Labute approximate surface area is 201 Å². The number of aromatic nitrogens is 4. The van der Waals surface area contributed by atoms with E-state index in [0.717, 1.165) is 41.6 Å². The summed E-state index contributed by atoms with van der Waals surface area (Å²) in [6.45, 7) is 9.30. The lowest BCUT2D eigenvalue weighted by atomic mass is 9.78. The maximum absolute atomic E-state index is 13.7. The number of aryl methyl sites for hydroxylation is 3. The number of nitrogens with zero attached hydrogens (tertiary/aromatic N) is 6. The third kappa shape index (κ3) is 5.00. The van der Waals surface area contributed by atoms with Crippen molar-refractivity contribution in [3.05, 3.63) is 64.9 Å². The Balaban J connectivity index is 1.61. The maximum atomic E-state index is 13.7. The molecule has 1 amide bonds. The molecular weight excluding hydrogens is 426 g/mol. The average molecular weight is 460 g/mol. The Kier molecular flexibility index (Phi) is 6.50. The minimum atomic E-state index is -0.245. The van der Waals surface area contributed by atoms with E-state index in [4.69, 9.17) is 4.98 Å². The van der Waals surface area contributed by atoms with Gasteiger partial charge in [-0.15, -0.1) is 0 Å². The van der Waals surface area contributed by atoms with E-state index in [-0.39, 0.29) is 11.3 Å². The summed E-state index contributed by atoms with van der Waals surface area (Å²) in [7, 11) is 3.96. The van der Waals surface area contributed by atoms with E-state index < -0.39 is 0 Å². The summed E-state index contributed by atoms with van der Waals surface area (Å²) in [4.78, 5) is 35.9. The van der Waals surface area contributed by atoms with E-state index in [1.54, 1.807) is 0 Å². The van der Waals surface area contributed by atoms with Gasteiger partial charge in [0.15, 0.2) is 0 Å². The van der Waals surface area contributed by atoms with Gasteiger partial charge in [-0.3, -0.25) is 4.79 Å². The molecule has 1 saturated heterocycles. The zero-order valence-electron chi connectivity index (χ0n) is 20.9. The number of benzene rings is 1. The Morgan fingerprint density at radius 1 is 1.03 bits per heavy atom. The van der Waals surface area contributed by atoms with Crippen LogP contribution in [0, 0.1) is 20.8 Å². The highest BCUT2D eigenvalue weighted by Crippen LogP contribution is 2.35. The van der Waals surface area contributed by atoms with Crippen molar-refractivity contribution < 1.29 is 4.79 Å². The van der Waals surface area contributed by atoms with Crippen molar-refractivity contribution in [2.45, 2.75) is 46.0 Å². The summed E-state index contributed by atoms with van der Waals surface area (Å²) in [5.41, 5.74) is 3.81. The first-order chi connectivity index (χ1) is 16.1. The van der Waals surface area contributed by atoms with Gasteiger partial charge in [0.2, 0.25) is 5.95 Å². The van der Waals surface area contributed by atoms with Crippen molar-refractivity contribution in [3.63, 3.8) is 0 Å². The maximum Gasteiger partial charge on any atom is 0.255 e. The van der Waals surface area contributed by atoms with Crippen LogP contribution in [-0.2, 0) is 5.41 Å². The SMILES string of the molecule is Cc1cc(C)nc(Nc2ccccc2C(=O)N2CCCC(C)(c3cc(N(C)C)nc(C)n3)C2)n1. The van der Waals surface area contributed by atoms with E-state index >= 15 is 0 Å². The molecule has 1 fully saturated rings. The average Bonchev–Trinajstić information content (AvgIpc) is 2.78. The van der Waals surface area contributed by atoms with Crippen LogP contribution in [0.5, 0.6) is 0 Å².